The Balaban J connectivity index is 1.35. The predicted octanol–water partition coefficient (Wildman–Crippen LogP) is 2.89. The minimum atomic E-state index is -0.619. The average Bonchev–Trinajstić information content (AvgIpc) is 3.47. The Kier molecular flexibility index (Phi) is 4.63. The lowest BCUT2D eigenvalue weighted by molar-refractivity contribution is -0.126. The predicted molar refractivity (Wildman–Crippen MR) is 107 cm³/mol. The zero-order chi connectivity index (χ0) is 20.5. The molecule has 1 aromatic heterocycles. The standard InChI is InChI=1S/C23H20N2O5/c26-22(24-12-15-7-8-19-21(10-15)30-14-29-19)18-11-16-4-1-2-5-17(16)13-25(18)23(27)20-6-3-9-28-20/h1-10,18H,11-14H2,(H,24,26)/t18-/m0/s1. The molecule has 0 spiro atoms. The summed E-state index contributed by atoms with van der Waals surface area (Å²) in [7, 11) is 0. The van der Waals surface area contributed by atoms with E-state index in [2.05, 4.69) is 5.32 Å². The van der Waals surface area contributed by atoms with Crippen LogP contribution >= 0.6 is 0 Å². The molecule has 0 saturated heterocycles. The van der Waals surface area contributed by atoms with E-state index in [1.54, 1.807) is 17.0 Å². The molecule has 0 unspecified atom stereocenters. The van der Waals surface area contributed by atoms with Crippen molar-refractivity contribution in [1.29, 1.82) is 0 Å². The summed E-state index contributed by atoms with van der Waals surface area (Å²) in [5.74, 6) is 1.09. The van der Waals surface area contributed by atoms with Crippen LogP contribution in [0.1, 0.15) is 27.2 Å². The van der Waals surface area contributed by atoms with Crippen molar-refractivity contribution in [2.24, 2.45) is 0 Å². The van der Waals surface area contributed by atoms with E-state index in [1.165, 1.54) is 6.26 Å². The highest BCUT2D eigenvalue weighted by Gasteiger charge is 2.35. The van der Waals surface area contributed by atoms with Crippen molar-refractivity contribution in [3.63, 3.8) is 0 Å². The summed E-state index contributed by atoms with van der Waals surface area (Å²) in [6.45, 7) is 0.894. The van der Waals surface area contributed by atoms with Gasteiger partial charge in [0.05, 0.1) is 6.26 Å². The van der Waals surface area contributed by atoms with E-state index in [0.29, 0.717) is 31.0 Å². The van der Waals surface area contributed by atoms with Crippen LogP contribution in [0.5, 0.6) is 11.5 Å². The zero-order valence-corrected chi connectivity index (χ0v) is 16.2. The number of hydrogen-bond acceptors (Lipinski definition) is 5. The molecule has 0 bridgehead atoms. The summed E-state index contributed by atoms with van der Waals surface area (Å²) in [5, 5.41) is 2.96. The van der Waals surface area contributed by atoms with Crippen LogP contribution in [-0.2, 0) is 24.3 Å². The highest BCUT2D eigenvalue weighted by atomic mass is 16.7. The fourth-order valence-corrected chi connectivity index (χ4v) is 3.87. The fourth-order valence-electron chi connectivity index (χ4n) is 3.87. The molecule has 0 fully saturated rings. The molecule has 30 heavy (non-hydrogen) atoms. The summed E-state index contributed by atoms with van der Waals surface area (Å²) < 4.78 is 16.0. The van der Waals surface area contributed by atoms with Crippen LogP contribution in [0, 0.1) is 0 Å². The van der Waals surface area contributed by atoms with Gasteiger partial charge in [0.2, 0.25) is 12.7 Å². The van der Waals surface area contributed by atoms with E-state index in [0.717, 1.165) is 16.7 Å². The van der Waals surface area contributed by atoms with Gasteiger partial charge in [-0.2, -0.15) is 0 Å². The molecule has 0 saturated carbocycles. The van der Waals surface area contributed by atoms with E-state index in [1.807, 2.05) is 42.5 Å². The van der Waals surface area contributed by atoms with E-state index in [9.17, 15) is 9.59 Å². The van der Waals surface area contributed by atoms with Crippen LogP contribution in [-0.4, -0.2) is 29.5 Å². The van der Waals surface area contributed by atoms with Crippen molar-refractivity contribution in [2.45, 2.75) is 25.6 Å². The number of furan rings is 1. The Morgan fingerprint density at radius 3 is 2.67 bits per heavy atom. The third-order valence-electron chi connectivity index (χ3n) is 5.45. The van der Waals surface area contributed by atoms with E-state index >= 15 is 0 Å². The molecule has 0 aliphatic carbocycles. The Morgan fingerprint density at radius 2 is 1.83 bits per heavy atom. The highest BCUT2D eigenvalue weighted by Crippen LogP contribution is 2.32. The number of carbonyl (C=O) groups excluding carboxylic acids is 2. The average molecular weight is 404 g/mol. The summed E-state index contributed by atoms with van der Waals surface area (Å²) in [6, 6.07) is 16.1. The second kappa shape index (κ2) is 7.59. The first-order valence-corrected chi connectivity index (χ1v) is 9.76. The maximum Gasteiger partial charge on any atom is 0.290 e. The lowest BCUT2D eigenvalue weighted by Crippen LogP contribution is -2.52. The molecule has 5 rings (SSSR count). The summed E-state index contributed by atoms with van der Waals surface area (Å²) >= 11 is 0. The molecule has 0 radical (unpaired) electrons. The van der Waals surface area contributed by atoms with Gasteiger partial charge in [0.1, 0.15) is 6.04 Å². The fraction of sp³-hybridized carbons (Fsp3) is 0.217. The Morgan fingerprint density at radius 1 is 1.00 bits per heavy atom. The van der Waals surface area contributed by atoms with Gasteiger partial charge in [-0.1, -0.05) is 30.3 Å². The van der Waals surface area contributed by atoms with Gasteiger partial charge in [0.15, 0.2) is 17.3 Å². The van der Waals surface area contributed by atoms with Crippen LogP contribution in [0.2, 0.25) is 0 Å². The minimum Gasteiger partial charge on any atom is -0.459 e. The lowest BCUT2D eigenvalue weighted by atomic mass is 9.93. The zero-order valence-electron chi connectivity index (χ0n) is 16.2. The quantitative estimate of drug-likeness (QED) is 0.723. The second-order valence-corrected chi connectivity index (χ2v) is 7.30. The number of amides is 2. The molecule has 3 heterocycles. The third-order valence-corrected chi connectivity index (χ3v) is 5.45. The lowest BCUT2D eigenvalue weighted by Gasteiger charge is -2.35. The molecular weight excluding hydrogens is 384 g/mol. The third kappa shape index (κ3) is 3.39. The molecule has 2 aliphatic heterocycles. The van der Waals surface area contributed by atoms with Gasteiger partial charge in [-0.3, -0.25) is 9.59 Å². The number of ether oxygens (including phenoxy) is 2. The number of nitrogens with zero attached hydrogens (tertiary/aromatic N) is 1. The van der Waals surface area contributed by atoms with Crippen LogP contribution < -0.4 is 14.8 Å². The van der Waals surface area contributed by atoms with Gasteiger partial charge >= 0.3 is 0 Å². The van der Waals surface area contributed by atoms with Gasteiger partial charge < -0.3 is 24.1 Å². The molecule has 1 N–H and O–H groups in total. The molecule has 7 heteroatoms. The maximum atomic E-state index is 13.1. The summed E-state index contributed by atoms with van der Waals surface area (Å²) in [4.78, 5) is 27.7. The summed E-state index contributed by atoms with van der Waals surface area (Å²) in [6.07, 6.45) is 1.91. The Labute approximate surface area is 173 Å². The van der Waals surface area contributed by atoms with Crippen molar-refractivity contribution in [3.8, 4) is 11.5 Å². The maximum absolute atomic E-state index is 13.1. The van der Waals surface area contributed by atoms with Crippen molar-refractivity contribution in [1.82, 2.24) is 10.2 Å². The van der Waals surface area contributed by atoms with Crippen molar-refractivity contribution in [3.05, 3.63) is 83.3 Å². The number of nitrogens with one attached hydrogen (secondary N) is 1. The first-order chi connectivity index (χ1) is 14.7. The number of carbonyl (C=O) groups is 2. The summed E-state index contributed by atoms with van der Waals surface area (Å²) in [5.41, 5.74) is 3.01. The van der Waals surface area contributed by atoms with Gasteiger partial charge in [-0.15, -0.1) is 0 Å². The second-order valence-electron chi connectivity index (χ2n) is 7.30. The first-order valence-electron chi connectivity index (χ1n) is 9.76. The smallest absolute Gasteiger partial charge is 0.290 e. The van der Waals surface area contributed by atoms with Gasteiger partial charge in [0.25, 0.3) is 5.91 Å². The van der Waals surface area contributed by atoms with Gasteiger partial charge in [0, 0.05) is 19.5 Å². The van der Waals surface area contributed by atoms with Gasteiger partial charge in [-0.05, 0) is 41.0 Å². The van der Waals surface area contributed by atoms with E-state index in [4.69, 9.17) is 13.9 Å². The molecule has 3 aromatic rings. The van der Waals surface area contributed by atoms with Crippen molar-refractivity contribution >= 4 is 11.8 Å². The van der Waals surface area contributed by atoms with Crippen LogP contribution in [0.4, 0.5) is 0 Å². The Bertz CT molecular complexity index is 1090. The van der Waals surface area contributed by atoms with Crippen molar-refractivity contribution in [2.75, 3.05) is 6.79 Å². The minimum absolute atomic E-state index is 0.205. The van der Waals surface area contributed by atoms with E-state index in [-0.39, 0.29) is 24.4 Å². The van der Waals surface area contributed by atoms with Crippen LogP contribution in [0.25, 0.3) is 0 Å². The molecule has 2 amide bonds. The topological polar surface area (TPSA) is 81.0 Å². The number of fused-ring (bicyclic) bond motifs is 2. The molecule has 152 valence electrons. The normalized spacial score (nSPS) is 16.8. The SMILES string of the molecule is O=C(NCc1ccc2c(c1)OCO2)[C@@H]1Cc2ccccc2CN1C(=O)c1ccco1. The van der Waals surface area contributed by atoms with Crippen LogP contribution in [0.15, 0.2) is 65.3 Å². The number of hydrogen-bond donors (Lipinski definition) is 1. The molecule has 1 atom stereocenters. The van der Waals surface area contributed by atoms with Crippen LogP contribution in [0.3, 0.4) is 0 Å². The highest BCUT2D eigenvalue weighted by molar-refractivity contribution is 5.96. The van der Waals surface area contributed by atoms with E-state index < -0.39 is 6.04 Å². The Hall–Kier alpha value is -3.74. The molecular formula is C23H20N2O5. The largest absolute Gasteiger partial charge is 0.459 e. The van der Waals surface area contributed by atoms with Crippen molar-refractivity contribution < 1.29 is 23.5 Å². The molecule has 7 nitrogen and oxygen atoms in total. The van der Waals surface area contributed by atoms with Gasteiger partial charge in [-0.25, -0.2) is 0 Å². The number of benzene rings is 2. The monoisotopic (exact) mass is 404 g/mol. The first kappa shape index (κ1) is 18.3. The molecule has 2 aliphatic rings. The molecule has 2 aromatic carbocycles. The number of rotatable bonds is 4.